The standard InChI is InChI=1S/C12H16N4O3S/c17-10(3-5-15-6-4-13-14-15)16-9(12(18)19)7-20-11(16)8-1-2-8/h4,6,8-9,11H,1-3,5,7H2,(H,18,19). The maximum atomic E-state index is 12.4. The Hall–Kier alpha value is -1.57. The van der Waals surface area contributed by atoms with Crippen LogP contribution in [0.2, 0.25) is 0 Å². The molecule has 1 amide bonds. The highest BCUT2D eigenvalue weighted by Gasteiger charge is 2.47. The second-order valence-corrected chi connectivity index (χ2v) is 6.28. The third-order valence-corrected chi connectivity index (χ3v) is 5.12. The van der Waals surface area contributed by atoms with Crippen LogP contribution in [0, 0.1) is 5.92 Å². The molecule has 0 spiro atoms. The van der Waals surface area contributed by atoms with Crippen molar-refractivity contribution in [3.63, 3.8) is 0 Å². The van der Waals surface area contributed by atoms with E-state index in [-0.39, 0.29) is 17.7 Å². The van der Waals surface area contributed by atoms with Crippen LogP contribution < -0.4 is 0 Å². The number of rotatable bonds is 5. The summed E-state index contributed by atoms with van der Waals surface area (Å²) in [5.74, 6) is -0.0461. The van der Waals surface area contributed by atoms with Gasteiger partial charge in [0.05, 0.1) is 18.1 Å². The van der Waals surface area contributed by atoms with E-state index in [1.54, 1.807) is 33.7 Å². The number of carbonyl (C=O) groups excluding carboxylic acids is 1. The first kappa shape index (κ1) is 13.4. The Labute approximate surface area is 120 Å². The highest BCUT2D eigenvalue weighted by molar-refractivity contribution is 8.00. The van der Waals surface area contributed by atoms with Crippen LogP contribution in [0.5, 0.6) is 0 Å². The fourth-order valence-corrected chi connectivity index (χ4v) is 4.12. The lowest BCUT2D eigenvalue weighted by atomic mass is 10.2. The van der Waals surface area contributed by atoms with Gasteiger partial charge < -0.3 is 10.0 Å². The quantitative estimate of drug-likeness (QED) is 0.848. The molecule has 108 valence electrons. The highest BCUT2D eigenvalue weighted by atomic mass is 32.2. The number of hydrogen-bond acceptors (Lipinski definition) is 5. The van der Waals surface area contributed by atoms with Crippen molar-refractivity contribution in [3.05, 3.63) is 12.4 Å². The van der Waals surface area contributed by atoms with Crippen molar-refractivity contribution in [1.29, 1.82) is 0 Å². The molecule has 8 heteroatoms. The van der Waals surface area contributed by atoms with Gasteiger partial charge in [-0.2, -0.15) is 0 Å². The fraction of sp³-hybridized carbons (Fsp3) is 0.667. The maximum absolute atomic E-state index is 12.4. The van der Waals surface area contributed by atoms with Gasteiger partial charge in [0.2, 0.25) is 5.91 Å². The van der Waals surface area contributed by atoms with Gasteiger partial charge in [-0.15, -0.1) is 16.9 Å². The predicted octanol–water partition coefficient (Wildman–Crippen LogP) is 0.433. The minimum absolute atomic E-state index is 0.0411. The zero-order chi connectivity index (χ0) is 14.1. The Morgan fingerprint density at radius 1 is 1.40 bits per heavy atom. The van der Waals surface area contributed by atoms with Crippen molar-refractivity contribution in [2.75, 3.05) is 5.75 Å². The largest absolute Gasteiger partial charge is 0.480 e. The SMILES string of the molecule is O=C(O)C1CSC(C2CC2)N1C(=O)CCn1ccnn1. The zero-order valence-electron chi connectivity index (χ0n) is 10.9. The Morgan fingerprint density at radius 2 is 2.20 bits per heavy atom. The number of carboxylic acids is 1. The van der Waals surface area contributed by atoms with E-state index >= 15 is 0 Å². The summed E-state index contributed by atoms with van der Waals surface area (Å²) in [7, 11) is 0. The van der Waals surface area contributed by atoms with Gasteiger partial charge in [-0.25, -0.2) is 4.79 Å². The van der Waals surface area contributed by atoms with Crippen LogP contribution in [0.25, 0.3) is 0 Å². The van der Waals surface area contributed by atoms with Crippen molar-refractivity contribution in [1.82, 2.24) is 19.9 Å². The Morgan fingerprint density at radius 3 is 2.80 bits per heavy atom. The first-order chi connectivity index (χ1) is 9.66. The molecule has 1 aromatic heterocycles. The first-order valence-corrected chi connectivity index (χ1v) is 7.71. The molecule has 1 aliphatic carbocycles. The van der Waals surface area contributed by atoms with Crippen LogP contribution >= 0.6 is 11.8 Å². The lowest BCUT2D eigenvalue weighted by molar-refractivity contribution is -0.149. The molecule has 2 aliphatic rings. The number of carbonyl (C=O) groups is 2. The van der Waals surface area contributed by atoms with E-state index in [1.165, 1.54) is 0 Å². The lowest BCUT2D eigenvalue weighted by Gasteiger charge is -2.27. The normalized spacial score (nSPS) is 25.9. The molecule has 1 saturated heterocycles. The molecule has 3 rings (SSSR count). The van der Waals surface area contributed by atoms with E-state index in [1.807, 2.05) is 0 Å². The van der Waals surface area contributed by atoms with Crippen molar-refractivity contribution >= 4 is 23.6 Å². The average molecular weight is 296 g/mol. The second-order valence-electron chi connectivity index (χ2n) is 5.13. The van der Waals surface area contributed by atoms with Crippen LogP contribution in [-0.4, -0.2) is 54.0 Å². The summed E-state index contributed by atoms with van der Waals surface area (Å²) in [6.07, 6.45) is 5.70. The number of aliphatic carboxylic acids is 1. The number of aromatic nitrogens is 3. The number of nitrogens with zero attached hydrogens (tertiary/aromatic N) is 4. The zero-order valence-corrected chi connectivity index (χ0v) is 11.7. The van der Waals surface area contributed by atoms with E-state index in [0.717, 1.165) is 12.8 Å². The topological polar surface area (TPSA) is 88.3 Å². The molecule has 1 N–H and O–H groups in total. The molecule has 20 heavy (non-hydrogen) atoms. The number of thioether (sulfide) groups is 1. The van der Waals surface area contributed by atoms with Crippen LogP contribution in [0.4, 0.5) is 0 Å². The van der Waals surface area contributed by atoms with Gasteiger partial charge in [0, 0.05) is 18.4 Å². The van der Waals surface area contributed by atoms with Crippen LogP contribution in [0.15, 0.2) is 12.4 Å². The van der Waals surface area contributed by atoms with Gasteiger partial charge in [-0.3, -0.25) is 9.48 Å². The molecule has 7 nitrogen and oxygen atoms in total. The predicted molar refractivity (Wildman–Crippen MR) is 71.9 cm³/mol. The Balaban J connectivity index is 1.67. The van der Waals surface area contributed by atoms with E-state index in [2.05, 4.69) is 10.3 Å². The van der Waals surface area contributed by atoms with Gasteiger partial charge in [-0.1, -0.05) is 5.21 Å². The minimum atomic E-state index is -0.908. The fourth-order valence-electron chi connectivity index (χ4n) is 2.47. The molecule has 2 atom stereocenters. The average Bonchev–Trinajstić information content (AvgIpc) is 2.97. The van der Waals surface area contributed by atoms with E-state index in [0.29, 0.717) is 18.2 Å². The molecule has 1 aliphatic heterocycles. The third kappa shape index (κ3) is 2.65. The van der Waals surface area contributed by atoms with Gasteiger partial charge in [0.25, 0.3) is 0 Å². The van der Waals surface area contributed by atoms with Gasteiger partial charge in [0.1, 0.15) is 6.04 Å². The molecule has 0 aromatic carbocycles. The van der Waals surface area contributed by atoms with Crippen molar-refractivity contribution in [3.8, 4) is 0 Å². The van der Waals surface area contributed by atoms with Gasteiger partial charge in [0.15, 0.2) is 0 Å². The molecule has 2 fully saturated rings. The van der Waals surface area contributed by atoms with Crippen LogP contribution in [0.1, 0.15) is 19.3 Å². The van der Waals surface area contributed by atoms with Crippen molar-refractivity contribution < 1.29 is 14.7 Å². The molecular formula is C12H16N4O3S. The van der Waals surface area contributed by atoms with E-state index < -0.39 is 12.0 Å². The van der Waals surface area contributed by atoms with E-state index in [4.69, 9.17) is 0 Å². The van der Waals surface area contributed by atoms with Gasteiger partial charge >= 0.3 is 5.97 Å². The number of hydrogen-bond donors (Lipinski definition) is 1. The summed E-state index contributed by atoms with van der Waals surface area (Å²) in [6.45, 7) is 0.434. The number of amides is 1. The summed E-state index contributed by atoms with van der Waals surface area (Å²) in [5, 5.41) is 16.8. The summed E-state index contributed by atoms with van der Waals surface area (Å²) < 4.78 is 1.59. The van der Waals surface area contributed by atoms with E-state index in [9.17, 15) is 14.7 Å². The molecule has 1 saturated carbocycles. The molecule has 1 aromatic rings. The highest BCUT2D eigenvalue weighted by Crippen LogP contribution is 2.45. The lowest BCUT2D eigenvalue weighted by Crippen LogP contribution is -2.46. The molecule has 0 radical (unpaired) electrons. The summed E-state index contributed by atoms with van der Waals surface area (Å²) in [6, 6.07) is -0.686. The minimum Gasteiger partial charge on any atom is -0.480 e. The first-order valence-electron chi connectivity index (χ1n) is 6.66. The summed E-state index contributed by atoms with van der Waals surface area (Å²) in [4.78, 5) is 25.3. The van der Waals surface area contributed by atoms with Crippen LogP contribution in [0.3, 0.4) is 0 Å². The number of aryl methyl sites for hydroxylation is 1. The van der Waals surface area contributed by atoms with Crippen molar-refractivity contribution in [2.24, 2.45) is 5.92 Å². The molecule has 2 unspecified atom stereocenters. The smallest absolute Gasteiger partial charge is 0.327 e. The maximum Gasteiger partial charge on any atom is 0.327 e. The Kier molecular flexibility index (Phi) is 3.64. The molecule has 0 bridgehead atoms. The molecular weight excluding hydrogens is 280 g/mol. The molecule has 2 heterocycles. The Bertz CT molecular complexity index is 503. The third-order valence-electron chi connectivity index (χ3n) is 3.66. The summed E-state index contributed by atoms with van der Waals surface area (Å²) >= 11 is 1.60. The summed E-state index contributed by atoms with van der Waals surface area (Å²) in [5.41, 5.74) is 0. The van der Waals surface area contributed by atoms with Crippen molar-refractivity contribution in [2.45, 2.75) is 37.2 Å². The monoisotopic (exact) mass is 296 g/mol. The number of carboxylic acid groups (broad SMARTS) is 1. The van der Waals surface area contributed by atoms with Crippen LogP contribution in [-0.2, 0) is 16.1 Å². The van der Waals surface area contributed by atoms with Gasteiger partial charge in [-0.05, 0) is 18.8 Å². The second kappa shape index (κ2) is 5.43.